The minimum atomic E-state index is 0.0656. The number of hydrogen-bond donors (Lipinski definition) is 0. The molecule has 162 valence electrons. The molecule has 3 heterocycles. The van der Waals surface area contributed by atoms with E-state index in [4.69, 9.17) is 9.47 Å². The van der Waals surface area contributed by atoms with Crippen LogP contribution >= 0.6 is 11.8 Å². The highest BCUT2D eigenvalue weighted by Crippen LogP contribution is 2.30. The predicted molar refractivity (Wildman–Crippen MR) is 117 cm³/mol. The molecule has 2 aromatic rings. The molecule has 0 aliphatic carbocycles. The molecule has 0 saturated carbocycles. The summed E-state index contributed by atoms with van der Waals surface area (Å²) in [5.41, 5.74) is 1.02. The van der Waals surface area contributed by atoms with E-state index in [0.29, 0.717) is 51.7 Å². The fourth-order valence-corrected chi connectivity index (χ4v) is 5.12. The number of benzene rings is 1. The normalized spacial score (nSPS) is 22.5. The Morgan fingerprint density at radius 1 is 1.03 bits per heavy atom. The summed E-state index contributed by atoms with van der Waals surface area (Å²) in [5.74, 6) is 0.608. The van der Waals surface area contributed by atoms with E-state index in [9.17, 15) is 9.59 Å². The molecule has 2 amide bonds. The van der Waals surface area contributed by atoms with Crippen LogP contribution in [0.25, 0.3) is 10.9 Å². The van der Waals surface area contributed by atoms with Crippen molar-refractivity contribution in [3.05, 3.63) is 30.5 Å². The molecule has 30 heavy (non-hydrogen) atoms. The largest absolute Gasteiger partial charge is 0.378 e. The molecule has 0 spiro atoms. The molecule has 0 unspecified atom stereocenters. The van der Waals surface area contributed by atoms with Gasteiger partial charge in [0.1, 0.15) is 6.54 Å². The van der Waals surface area contributed by atoms with Gasteiger partial charge in [0.05, 0.1) is 31.2 Å². The minimum Gasteiger partial charge on any atom is -0.378 e. The number of para-hydroxylation sites is 1. The first-order valence-electron chi connectivity index (χ1n) is 10.5. The van der Waals surface area contributed by atoms with Gasteiger partial charge in [-0.25, -0.2) is 0 Å². The highest BCUT2D eigenvalue weighted by molar-refractivity contribution is 8.00. The average Bonchev–Trinajstić information content (AvgIpc) is 3.09. The van der Waals surface area contributed by atoms with Crippen molar-refractivity contribution in [3.8, 4) is 0 Å². The second-order valence-electron chi connectivity index (χ2n) is 7.98. The van der Waals surface area contributed by atoms with E-state index in [1.54, 1.807) is 0 Å². The van der Waals surface area contributed by atoms with Crippen molar-refractivity contribution >= 4 is 34.5 Å². The highest BCUT2D eigenvalue weighted by Gasteiger charge is 2.26. The summed E-state index contributed by atoms with van der Waals surface area (Å²) < 4.78 is 13.1. The quantitative estimate of drug-likeness (QED) is 0.680. The van der Waals surface area contributed by atoms with Crippen molar-refractivity contribution in [2.24, 2.45) is 0 Å². The van der Waals surface area contributed by atoms with Crippen LogP contribution in [-0.4, -0.2) is 83.5 Å². The molecule has 1 aromatic heterocycles. The first-order valence-corrected chi connectivity index (χ1v) is 11.5. The maximum Gasteiger partial charge on any atom is 0.242 e. The van der Waals surface area contributed by atoms with Gasteiger partial charge in [-0.2, -0.15) is 0 Å². The van der Waals surface area contributed by atoms with Gasteiger partial charge in [-0.1, -0.05) is 18.2 Å². The van der Waals surface area contributed by atoms with Crippen molar-refractivity contribution in [1.82, 2.24) is 14.4 Å². The number of amides is 2. The molecule has 7 nitrogen and oxygen atoms in total. The standard InChI is InChI=1S/C22H29N3O4S/c1-16-11-25(12-17(2)29-16)22(27)15-30-20-13-24(19-6-4-3-5-18(19)20)14-21(26)23-7-9-28-10-8-23/h3-6,13,16-17H,7-12,14-15H2,1-2H3/t16-,17-/m1/s1. The van der Waals surface area contributed by atoms with Crippen LogP contribution in [0.15, 0.2) is 35.4 Å². The van der Waals surface area contributed by atoms with Crippen molar-refractivity contribution in [2.75, 3.05) is 45.1 Å². The lowest BCUT2D eigenvalue weighted by Gasteiger charge is -2.35. The second kappa shape index (κ2) is 9.41. The Morgan fingerprint density at radius 3 is 2.47 bits per heavy atom. The van der Waals surface area contributed by atoms with Gasteiger partial charge in [0.25, 0.3) is 0 Å². The summed E-state index contributed by atoms with van der Waals surface area (Å²) in [6.45, 7) is 8.06. The number of carbonyl (C=O) groups is 2. The lowest BCUT2D eigenvalue weighted by molar-refractivity contribution is -0.140. The second-order valence-corrected chi connectivity index (χ2v) is 8.99. The van der Waals surface area contributed by atoms with Crippen LogP contribution in [0, 0.1) is 0 Å². The molecule has 4 rings (SSSR count). The maximum absolute atomic E-state index is 12.8. The van der Waals surface area contributed by atoms with Crippen LogP contribution in [-0.2, 0) is 25.6 Å². The molecule has 0 N–H and O–H groups in total. The maximum atomic E-state index is 12.8. The van der Waals surface area contributed by atoms with Gasteiger partial charge in [-0.3, -0.25) is 9.59 Å². The van der Waals surface area contributed by atoms with Crippen LogP contribution in [0.1, 0.15) is 13.8 Å². The Morgan fingerprint density at radius 2 is 1.73 bits per heavy atom. The fourth-order valence-electron chi connectivity index (χ4n) is 4.13. The average molecular weight is 432 g/mol. The van der Waals surface area contributed by atoms with Gasteiger partial charge in [-0.05, 0) is 19.9 Å². The van der Waals surface area contributed by atoms with Gasteiger partial charge in [-0.15, -0.1) is 11.8 Å². The zero-order chi connectivity index (χ0) is 21.1. The molecule has 0 radical (unpaired) electrons. The molecule has 2 atom stereocenters. The SMILES string of the molecule is C[C@@H]1CN(C(=O)CSc2cn(CC(=O)N3CCOCC3)c3ccccc23)C[C@@H](C)O1. The zero-order valence-corrected chi connectivity index (χ0v) is 18.4. The third-order valence-electron chi connectivity index (χ3n) is 5.54. The summed E-state index contributed by atoms with van der Waals surface area (Å²) in [7, 11) is 0. The third-order valence-corrected chi connectivity index (χ3v) is 6.57. The number of thioether (sulfide) groups is 1. The van der Waals surface area contributed by atoms with Crippen LogP contribution in [0.3, 0.4) is 0 Å². The summed E-state index contributed by atoms with van der Waals surface area (Å²) >= 11 is 1.54. The number of nitrogens with zero attached hydrogens (tertiary/aromatic N) is 3. The van der Waals surface area contributed by atoms with Gasteiger partial charge in [0.2, 0.25) is 11.8 Å². The number of hydrogen-bond acceptors (Lipinski definition) is 5. The molecular formula is C22H29N3O4S. The Balaban J connectivity index is 1.45. The van der Waals surface area contributed by atoms with Crippen molar-refractivity contribution in [1.29, 1.82) is 0 Å². The molecule has 0 bridgehead atoms. The van der Waals surface area contributed by atoms with E-state index >= 15 is 0 Å². The fraction of sp³-hybridized carbons (Fsp3) is 0.545. The summed E-state index contributed by atoms with van der Waals surface area (Å²) in [5, 5.41) is 1.08. The van der Waals surface area contributed by atoms with Crippen LogP contribution < -0.4 is 0 Å². The Kier molecular flexibility index (Phi) is 6.65. The van der Waals surface area contributed by atoms with Gasteiger partial charge >= 0.3 is 0 Å². The van der Waals surface area contributed by atoms with Gasteiger partial charge in [0, 0.05) is 48.2 Å². The number of aromatic nitrogens is 1. The van der Waals surface area contributed by atoms with E-state index in [2.05, 4.69) is 6.07 Å². The number of morpholine rings is 2. The molecule has 2 fully saturated rings. The number of carbonyl (C=O) groups excluding carboxylic acids is 2. The molecule has 2 saturated heterocycles. The molecule has 1 aromatic carbocycles. The molecular weight excluding hydrogens is 402 g/mol. The number of fused-ring (bicyclic) bond motifs is 1. The topological polar surface area (TPSA) is 64.0 Å². The van der Waals surface area contributed by atoms with Gasteiger partial charge < -0.3 is 23.8 Å². The predicted octanol–water partition coefficient (Wildman–Crippen LogP) is 2.23. The Labute approximate surface area is 181 Å². The number of rotatable bonds is 5. The van der Waals surface area contributed by atoms with E-state index < -0.39 is 0 Å². The monoisotopic (exact) mass is 431 g/mol. The molecule has 2 aliphatic heterocycles. The summed E-state index contributed by atoms with van der Waals surface area (Å²) in [4.78, 5) is 30.3. The first-order chi connectivity index (χ1) is 14.5. The Hall–Kier alpha value is -2.03. The van der Waals surface area contributed by atoms with Crippen molar-refractivity contribution < 1.29 is 19.1 Å². The van der Waals surface area contributed by atoms with E-state index in [-0.39, 0.29) is 24.0 Å². The smallest absolute Gasteiger partial charge is 0.242 e. The van der Waals surface area contributed by atoms with Crippen LogP contribution in [0.2, 0.25) is 0 Å². The number of ether oxygens (including phenoxy) is 2. The van der Waals surface area contributed by atoms with Crippen molar-refractivity contribution in [2.45, 2.75) is 37.5 Å². The third kappa shape index (κ3) is 4.82. The summed E-state index contributed by atoms with van der Waals surface area (Å²) in [6.07, 6.45) is 2.14. The highest BCUT2D eigenvalue weighted by atomic mass is 32.2. The van der Waals surface area contributed by atoms with E-state index in [0.717, 1.165) is 15.8 Å². The summed E-state index contributed by atoms with van der Waals surface area (Å²) in [6, 6.07) is 8.05. The molecule has 8 heteroatoms. The molecule has 2 aliphatic rings. The van der Waals surface area contributed by atoms with Crippen molar-refractivity contribution in [3.63, 3.8) is 0 Å². The zero-order valence-electron chi connectivity index (χ0n) is 17.6. The first kappa shape index (κ1) is 21.2. The Bertz CT molecular complexity index is 899. The van der Waals surface area contributed by atoms with E-state index in [1.807, 2.05) is 52.6 Å². The van der Waals surface area contributed by atoms with Gasteiger partial charge in [0.15, 0.2) is 0 Å². The lowest BCUT2D eigenvalue weighted by Crippen LogP contribution is -2.48. The van der Waals surface area contributed by atoms with Crippen LogP contribution in [0.5, 0.6) is 0 Å². The minimum absolute atomic E-state index is 0.0656. The lowest BCUT2D eigenvalue weighted by atomic mass is 10.2. The van der Waals surface area contributed by atoms with E-state index in [1.165, 1.54) is 11.8 Å². The van der Waals surface area contributed by atoms with Crippen LogP contribution in [0.4, 0.5) is 0 Å².